The van der Waals surface area contributed by atoms with Crippen molar-refractivity contribution in [3.05, 3.63) is 28.3 Å². The molecule has 1 rings (SSSR count). The molecule has 0 unspecified atom stereocenters. The third-order valence-corrected chi connectivity index (χ3v) is 2.95. The maximum absolute atomic E-state index is 9.68. The van der Waals surface area contributed by atoms with E-state index in [-0.39, 0.29) is 0 Å². The molecule has 0 heterocycles. The van der Waals surface area contributed by atoms with Crippen LogP contribution in [-0.2, 0) is 5.75 Å². The van der Waals surface area contributed by atoms with Crippen LogP contribution in [0.5, 0.6) is 5.75 Å². The number of halogens is 1. The SMILES string of the molecule is CCSCc1cc(Cl)cc(C)c1O. The van der Waals surface area contributed by atoms with E-state index in [1.807, 2.05) is 13.0 Å². The second-order valence-corrected chi connectivity index (χ2v) is 4.58. The van der Waals surface area contributed by atoms with Crippen molar-refractivity contribution in [3.8, 4) is 5.75 Å². The van der Waals surface area contributed by atoms with Crippen molar-refractivity contribution in [2.24, 2.45) is 0 Å². The fraction of sp³-hybridized carbons (Fsp3) is 0.400. The molecule has 72 valence electrons. The summed E-state index contributed by atoms with van der Waals surface area (Å²) in [6.07, 6.45) is 0. The lowest BCUT2D eigenvalue weighted by Crippen LogP contribution is -1.86. The van der Waals surface area contributed by atoms with Gasteiger partial charge >= 0.3 is 0 Å². The van der Waals surface area contributed by atoms with Crippen LogP contribution < -0.4 is 0 Å². The van der Waals surface area contributed by atoms with Crippen LogP contribution in [0.1, 0.15) is 18.1 Å². The van der Waals surface area contributed by atoms with Crippen LogP contribution in [0.15, 0.2) is 12.1 Å². The third kappa shape index (κ3) is 2.82. The first kappa shape index (κ1) is 10.7. The maximum atomic E-state index is 9.68. The zero-order valence-electron chi connectivity index (χ0n) is 7.80. The number of rotatable bonds is 3. The zero-order valence-corrected chi connectivity index (χ0v) is 9.37. The molecule has 3 heteroatoms. The first-order chi connectivity index (χ1) is 6.15. The van der Waals surface area contributed by atoms with E-state index in [1.54, 1.807) is 17.8 Å². The van der Waals surface area contributed by atoms with Gasteiger partial charge in [-0.1, -0.05) is 18.5 Å². The van der Waals surface area contributed by atoms with Gasteiger partial charge in [-0.25, -0.2) is 0 Å². The standard InChI is InChI=1S/C10H13ClOS/c1-3-13-6-8-5-9(11)4-7(2)10(8)12/h4-5,12H,3,6H2,1-2H3. The number of aromatic hydroxyl groups is 1. The van der Waals surface area contributed by atoms with Gasteiger partial charge in [-0.2, -0.15) is 11.8 Å². The molecule has 1 nitrogen and oxygen atoms in total. The number of phenolic OH excluding ortho intramolecular Hbond substituents is 1. The average Bonchev–Trinajstić information content (AvgIpc) is 2.09. The number of benzene rings is 1. The average molecular weight is 217 g/mol. The minimum absolute atomic E-state index is 0.380. The van der Waals surface area contributed by atoms with Gasteiger partial charge in [-0.15, -0.1) is 0 Å². The highest BCUT2D eigenvalue weighted by Crippen LogP contribution is 2.29. The molecule has 0 spiro atoms. The van der Waals surface area contributed by atoms with E-state index in [9.17, 15) is 5.11 Å². The van der Waals surface area contributed by atoms with E-state index in [4.69, 9.17) is 11.6 Å². The van der Waals surface area contributed by atoms with Crippen molar-refractivity contribution in [2.75, 3.05) is 5.75 Å². The van der Waals surface area contributed by atoms with E-state index in [1.165, 1.54) is 0 Å². The summed E-state index contributed by atoms with van der Waals surface area (Å²) >= 11 is 7.65. The van der Waals surface area contributed by atoms with Gasteiger partial charge in [0, 0.05) is 16.3 Å². The van der Waals surface area contributed by atoms with Crippen LogP contribution in [-0.4, -0.2) is 10.9 Å². The van der Waals surface area contributed by atoms with Gasteiger partial charge in [0.05, 0.1) is 0 Å². The zero-order chi connectivity index (χ0) is 9.84. The van der Waals surface area contributed by atoms with Crippen molar-refractivity contribution in [3.63, 3.8) is 0 Å². The summed E-state index contributed by atoms with van der Waals surface area (Å²) in [4.78, 5) is 0. The molecule has 0 amide bonds. The lowest BCUT2D eigenvalue weighted by molar-refractivity contribution is 0.466. The second-order valence-electron chi connectivity index (χ2n) is 2.87. The summed E-state index contributed by atoms with van der Waals surface area (Å²) < 4.78 is 0. The van der Waals surface area contributed by atoms with Crippen LogP contribution in [0.3, 0.4) is 0 Å². The Hall–Kier alpha value is -0.340. The first-order valence-corrected chi connectivity index (χ1v) is 5.74. The predicted molar refractivity (Wildman–Crippen MR) is 59.7 cm³/mol. The largest absolute Gasteiger partial charge is 0.507 e. The van der Waals surface area contributed by atoms with Gasteiger partial charge in [0.2, 0.25) is 0 Å². The molecular formula is C10H13ClOS. The summed E-state index contributed by atoms with van der Waals surface area (Å²) in [5.74, 6) is 2.25. The Morgan fingerprint density at radius 3 is 2.77 bits per heavy atom. The summed E-state index contributed by atoms with van der Waals surface area (Å²) in [6, 6.07) is 3.60. The molecular weight excluding hydrogens is 204 g/mol. The number of phenols is 1. The highest BCUT2D eigenvalue weighted by Gasteiger charge is 2.05. The molecule has 0 aliphatic carbocycles. The highest BCUT2D eigenvalue weighted by molar-refractivity contribution is 7.98. The second kappa shape index (κ2) is 4.77. The van der Waals surface area contributed by atoms with Crippen molar-refractivity contribution >= 4 is 23.4 Å². The van der Waals surface area contributed by atoms with Crippen molar-refractivity contribution < 1.29 is 5.11 Å². The molecule has 0 saturated carbocycles. The molecule has 1 aromatic carbocycles. The van der Waals surface area contributed by atoms with Crippen molar-refractivity contribution in [1.82, 2.24) is 0 Å². The lowest BCUT2D eigenvalue weighted by Gasteiger charge is -2.06. The number of aryl methyl sites for hydroxylation is 1. The summed E-state index contributed by atoms with van der Waals surface area (Å²) in [5.41, 5.74) is 1.77. The first-order valence-electron chi connectivity index (χ1n) is 4.21. The van der Waals surface area contributed by atoms with E-state index < -0.39 is 0 Å². The molecule has 0 bridgehead atoms. The molecule has 0 aromatic heterocycles. The van der Waals surface area contributed by atoms with Crippen LogP contribution >= 0.6 is 23.4 Å². The van der Waals surface area contributed by atoms with Crippen LogP contribution in [0.25, 0.3) is 0 Å². The fourth-order valence-electron chi connectivity index (χ4n) is 1.13. The van der Waals surface area contributed by atoms with Gasteiger partial charge in [-0.3, -0.25) is 0 Å². The van der Waals surface area contributed by atoms with E-state index in [2.05, 4.69) is 6.92 Å². The molecule has 0 atom stereocenters. The van der Waals surface area contributed by atoms with Crippen LogP contribution in [0.4, 0.5) is 0 Å². The highest BCUT2D eigenvalue weighted by atomic mass is 35.5. The third-order valence-electron chi connectivity index (χ3n) is 1.81. The number of hydrogen-bond acceptors (Lipinski definition) is 2. The van der Waals surface area contributed by atoms with Crippen molar-refractivity contribution in [1.29, 1.82) is 0 Å². The molecule has 0 fully saturated rings. The van der Waals surface area contributed by atoms with Gasteiger partial charge in [0.15, 0.2) is 0 Å². The molecule has 13 heavy (non-hydrogen) atoms. The summed E-state index contributed by atoms with van der Waals surface area (Å²) in [6.45, 7) is 3.96. The van der Waals surface area contributed by atoms with Gasteiger partial charge in [0.25, 0.3) is 0 Å². The Kier molecular flexibility index (Phi) is 3.94. The van der Waals surface area contributed by atoms with Crippen LogP contribution in [0.2, 0.25) is 5.02 Å². The normalized spacial score (nSPS) is 10.4. The number of hydrogen-bond donors (Lipinski definition) is 1. The summed E-state index contributed by atoms with van der Waals surface area (Å²) in [7, 11) is 0. The summed E-state index contributed by atoms with van der Waals surface area (Å²) in [5, 5.41) is 10.4. The minimum Gasteiger partial charge on any atom is -0.507 e. The van der Waals surface area contributed by atoms with E-state index >= 15 is 0 Å². The Balaban J connectivity index is 2.92. The molecule has 1 aromatic rings. The van der Waals surface area contributed by atoms with Gasteiger partial charge < -0.3 is 5.11 Å². The monoisotopic (exact) mass is 216 g/mol. The number of thioether (sulfide) groups is 1. The molecule has 0 radical (unpaired) electrons. The van der Waals surface area contributed by atoms with Crippen molar-refractivity contribution in [2.45, 2.75) is 19.6 Å². The maximum Gasteiger partial charge on any atom is 0.122 e. The van der Waals surface area contributed by atoms with E-state index in [0.29, 0.717) is 10.8 Å². The minimum atomic E-state index is 0.380. The topological polar surface area (TPSA) is 20.2 Å². The molecule has 0 aliphatic heterocycles. The Morgan fingerprint density at radius 2 is 2.15 bits per heavy atom. The Bertz CT molecular complexity index is 299. The lowest BCUT2D eigenvalue weighted by atomic mass is 10.1. The van der Waals surface area contributed by atoms with E-state index in [0.717, 1.165) is 22.6 Å². The van der Waals surface area contributed by atoms with Crippen LogP contribution in [0, 0.1) is 6.92 Å². The smallest absolute Gasteiger partial charge is 0.122 e. The fourth-order valence-corrected chi connectivity index (χ4v) is 2.07. The molecule has 0 saturated heterocycles. The quantitative estimate of drug-likeness (QED) is 0.833. The van der Waals surface area contributed by atoms with Gasteiger partial charge in [0.1, 0.15) is 5.75 Å². The Morgan fingerprint density at radius 1 is 1.46 bits per heavy atom. The Labute approximate surface area is 88.1 Å². The predicted octanol–water partition coefficient (Wildman–Crippen LogP) is 3.61. The molecule has 0 aliphatic rings. The molecule has 1 N–H and O–H groups in total. The van der Waals surface area contributed by atoms with Gasteiger partial charge in [-0.05, 0) is 30.4 Å².